The van der Waals surface area contributed by atoms with E-state index in [1.165, 1.54) is 22.3 Å². The maximum absolute atomic E-state index is 5.21. The number of hydrogen-bond acceptors (Lipinski definition) is 4. The first-order chi connectivity index (χ1) is 32.1. The fraction of sp³-hybridized carbons (Fsp3) is 0.0820. The van der Waals surface area contributed by atoms with Crippen molar-refractivity contribution in [2.45, 2.75) is 32.1 Å². The Hall–Kier alpha value is -8.08. The van der Waals surface area contributed by atoms with Crippen LogP contribution in [-0.2, 0) is 5.41 Å². The van der Waals surface area contributed by atoms with Gasteiger partial charge in [-0.1, -0.05) is 220 Å². The summed E-state index contributed by atoms with van der Waals surface area (Å²) < 4.78 is 0. The van der Waals surface area contributed by atoms with Crippen LogP contribution in [0.15, 0.2) is 231 Å². The van der Waals surface area contributed by atoms with Gasteiger partial charge in [0.1, 0.15) is 0 Å². The Kier molecular flexibility index (Phi) is 11.6. The molecule has 0 fully saturated rings. The van der Waals surface area contributed by atoms with E-state index < -0.39 is 0 Å². The highest BCUT2D eigenvalue weighted by atomic mass is 14.9. The Morgan fingerprint density at radius 3 is 0.892 bits per heavy atom. The maximum Gasteiger partial charge on any atom is 0.160 e. The van der Waals surface area contributed by atoms with E-state index in [4.69, 9.17) is 19.9 Å². The zero-order valence-electron chi connectivity index (χ0n) is 36.6. The van der Waals surface area contributed by atoms with Crippen molar-refractivity contribution in [1.82, 2.24) is 19.9 Å². The molecule has 0 atom stereocenters. The van der Waals surface area contributed by atoms with Crippen LogP contribution in [0.1, 0.15) is 37.8 Å². The van der Waals surface area contributed by atoms with E-state index in [0.717, 1.165) is 80.1 Å². The van der Waals surface area contributed by atoms with Crippen molar-refractivity contribution >= 4 is 0 Å². The van der Waals surface area contributed by atoms with Gasteiger partial charge in [-0.15, -0.1) is 0 Å². The van der Waals surface area contributed by atoms with Crippen molar-refractivity contribution < 1.29 is 0 Å². The Balaban J connectivity index is 0.987. The maximum atomic E-state index is 5.21. The van der Waals surface area contributed by atoms with E-state index in [1.54, 1.807) is 0 Å². The molecule has 0 unspecified atom stereocenters. The summed E-state index contributed by atoms with van der Waals surface area (Å²) in [6, 6.07) is 81.0. The van der Waals surface area contributed by atoms with Crippen molar-refractivity contribution in [2.75, 3.05) is 0 Å². The van der Waals surface area contributed by atoms with Gasteiger partial charge in [0.15, 0.2) is 11.6 Å². The number of aromatic nitrogens is 4. The Morgan fingerprint density at radius 1 is 0.262 bits per heavy atom. The summed E-state index contributed by atoms with van der Waals surface area (Å²) in [4.78, 5) is 20.7. The Bertz CT molecular complexity index is 2970. The monoisotopic (exact) mass is 836 g/mol. The molecule has 0 N–H and O–H groups in total. The topological polar surface area (TPSA) is 51.6 Å². The second-order valence-electron chi connectivity index (χ2n) is 16.5. The molecule has 8 aromatic carbocycles. The molecular formula is C61H48N4. The highest BCUT2D eigenvalue weighted by Gasteiger charge is 2.31. The second kappa shape index (κ2) is 18.3. The van der Waals surface area contributed by atoms with E-state index in [0.29, 0.717) is 11.6 Å². The molecule has 0 saturated carbocycles. The molecular weight excluding hydrogens is 789 g/mol. The first-order valence-electron chi connectivity index (χ1n) is 22.5. The summed E-state index contributed by atoms with van der Waals surface area (Å²) in [5, 5.41) is 0. The van der Waals surface area contributed by atoms with Crippen molar-refractivity contribution in [3.8, 4) is 90.1 Å². The molecule has 0 radical (unpaired) electrons. The van der Waals surface area contributed by atoms with Crippen molar-refractivity contribution in [2.24, 2.45) is 0 Å². The summed E-state index contributed by atoms with van der Waals surface area (Å²) in [5.74, 6) is 1.40. The molecule has 0 bridgehead atoms. The quantitative estimate of drug-likeness (QED) is 0.123. The van der Waals surface area contributed by atoms with E-state index in [1.807, 2.05) is 24.3 Å². The lowest BCUT2D eigenvalue weighted by atomic mass is 9.70. The molecule has 10 rings (SSSR count). The number of nitrogens with zero attached hydrogens (tertiary/aromatic N) is 4. The Morgan fingerprint density at radius 2 is 0.554 bits per heavy atom. The van der Waals surface area contributed by atoms with Crippen molar-refractivity contribution in [3.63, 3.8) is 0 Å². The third-order valence-corrected chi connectivity index (χ3v) is 12.7. The van der Waals surface area contributed by atoms with Crippen LogP contribution in [0.25, 0.3) is 90.1 Å². The molecule has 0 aliphatic rings. The van der Waals surface area contributed by atoms with Gasteiger partial charge in [0.25, 0.3) is 0 Å². The van der Waals surface area contributed by atoms with Gasteiger partial charge >= 0.3 is 0 Å². The minimum Gasteiger partial charge on any atom is -0.228 e. The Labute approximate surface area is 382 Å². The van der Waals surface area contributed by atoms with E-state index in [2.05, 4.69) is 220 Å². The lowest BCUT2D eigenvalue weighted by Gasteiger charge is -2.33. The average molecular weight is 837 g/mol. The first-order valence-corrected chi connectivity index (χ1v) is 22.5. The van der Waals surface area contributed by atoms with Crippen LogP contribution in [0.3, 0.4) is 0 Å². The molecule has 0 amide bonds. The van der Waals surface area contributed by atoms with E-state index >= 15 is 0 Å². The predicted octanol–water partition coefficient (Wildman–Crippen LogP) is 15.7. The fourth-order valence-electron chi connectivity index (χ4n) is 9.05. The molecule has 65 heavy (non-hydrogen) atoms. The minimum atomic E-state index is -0.206. The van der Waals surface area contributed by atoms with Crippen LogP contribution in [0.2, 0.25) is 0 Å². The van der Waals surface area contributed by atoms with Crippen LogP contribution >= 0.6 is 0 Å². The average Bonchev–Trinajstić information content (AvgIpc) is 3.40. The smallest absolute Gasteiger partial charge is 0.160 e. The van der Waals surface area contributed by atoms with Gasteiger partial charge in [-0.25, -0.2) is 19.9 Å². The van der Waals surface area contributed by atoms with Gasteiger partial charge < -0.3 is 0 Å². The molecule has 10 aromatic rings. The summed E-state index contributed by atoms with van der Waals surface area (Å²) in [6.45, 7) is 4.58. The molecule has 0 aliphatic heterocycles. The summed E-state index contributed by atoms with van der Waals surface area (Å²) in [6.07, 6.45) is 1.87. The number of benzene rings is 8. The van der Waals surface area contributed by atoms with Crippen LogP contribution < -0.4 is 0 Å². The second-order valence-corrected chi connectivity index (χ2v) is 16.5. The predicted molar refractivity (Wildman–Crippen MR) is 269 cm³/mol. The van der Waals surface area contributed by atoms with Gasteiger partial charge in [-0.05, 0) is 70.5 Å². The van der Waals surface area contributed by atoms with Crippen LogP contribution in [0.4, 0.5) is 0 Å². The molecule has 2 heterocycles. The normalized spacial score (nSPS) is 11.4. The SMILES string of the molecule is CCC(CC)(c1ccc(-c2nc(-c3ccccc3)cc(-c3cccc(-c4ccccc4)c3)n2)cc1)c1ccc(-c2nc(-c3ccccc3)cc(-c3cccc(-c4ccccc4)c3)n2)cc1. The molecule has 0 aliphatic carbocycles. The molecule has 4 nitrogen and oxygen atoms in total. The van der Waals surface area contributed by atoms with Gasteiger partial charge in [-0.2, -0.15) is 0 Å². The summed E-state index contributed by atoms with van der Waals surface area (Å²) >= 11 is 0. The van der Waals surface area contributed by atoms with Crippen molar-refractivity contribution in [1.29, 1.82) is 0 Å². The number of hydrogen-bond donors (Lipinski definition) is 0. The minimum absolute atomic E-state index is 0.206. The van der Waals surface area contributed by atoms with Gasteiger partial charge in [0, 0.05) is 38.8 Å². The summed E-state index contributed by atoms with van der Waals surface area (Å²) in [7, 11) is 0. The molecule has 2 aromatic heterocycles. The third kappa shape index (κ3) is 8.55. The van der Waals surface area contributed by atoms with Crippen LogP contribution in [0, 0.1) is 0 Å². The van der Waals surface area contributed by atoms with Gasteiger partial charge in [0.05, 0.1) is 22.8 Å². The fourth-order valence-corrected chi connectivity index (χ4v) is 9.05. The first kappa shape index (κ1) is 41.0. The highest BCUT2D eigenvalue weighted by molar-refractivity contribution is 5.78. The van der Waals surface area contributed by atoms with Crippen LogP contribution in [-0.4, -0.2) is 19.9 Å². The molecule has 312 valence electrons. The lowest BCUT2D eigenvalue weighted by Crippen LogP contribution is -2.26. The zero-order chi connectivity index (χ0) is 44.0. The van der Waals surface area contributed by atoms with E-state index in [-0.39, 0.29) is 5.41 Å². The molecule has 0 saturated heterocycles. The largest absolute Gasteiger partial charge is 0.228 e. The molecule has 4 heteroatoms. The molecule has 0 spiro atoms. The zero-order valence-corrected chi connectivity index (χ0v) is 36.6. The van der Waals surface area contributed by atoms with Crippen molar-refractivity contribution in [3.05, 3.63) is 242 Å². The van der Waals surface area contributed by atoms with Gasteiger partial charge in [0.2, 0.25) is 0 Å². The highest BCUT2D eigenvalue weighted by Crippen LogP contribution is 2.41. The standard InChI is InChI=1S/C61H48N4/c1-3-61(4-2,53-35-31-47(32-36-53)59-62-55(45-23-13-7-14-24-45)41-57(64-59)51-29-17-27-49(39-51)43-19-9-5-10-20-43)54-37-33-48(34-38-54)60-63-56(46-25-15-8-16-26-46)42-58(65-60)52-30-18-28-50(40-52)44-21-11-6-12-22-44/h5-42H,3-4H2,1-2H3. The lowest BCUT2D eigenvalue weighted by molar-refractivity contribution is 0.478. The third-order valence-electron chi connectivity index (χ3n) is 12.7. The summed E-state index contributed by atoms with van der Waals surface area (Å²) in [5.41, 5.74) is 16.7. The number of rotatable bonds is 12. The van der Waals surface area contributed by atoms with Crippen LogP contribution in [0.5, 0.6) is 0 Å². The van der Waals surface area contributed by atoms with E-state index in [9.17, 15) is 0 Å². The van der Waals surface area contributed by atoms with Gasteiger partial charge in [-0.3, -0.25) is 0 Å².